The Kier molecular flexibility index (Phi) is 3.91. The van der Waals surface area contributed by atoms with Gasteiger partial charge in [-0.1, -0.05) is 0 Å². The van der Waals surface area contributed by atoms with E-state index in [1.165, 1.54) is 0 Å². The summed E-state index contributed by atoms with van der Waals surface area (Å²) in [5, 5.41) is 8.46. The Balaban J connectivity index is 2.34. The van der Waals surface area contributed by atoms with Crippen LogP contribution >= 0.6 is 0 Å². The molecule has 0 aliphatic rings. The van der Waals surface area contributed by atoms with Crippen molar-refractivity contribution in [2.24, 2.45) is 0 Å². The number of pyridine rings is 1. The molecular formula is C10H13NO3. The molecule has 1 N–H and O–H groups in total. The van der Waals surface area contributed by atoms with Crippen molar-refractivity contribution in [1.29, 1.82) is 0 Å². The maximum Gasteiger partial charge on any atom is 0.303 e. The van der Waals surface area contributed by atoms with Crippen LogP contribution in [0.2, 0.25) is 0 Å². The molecule has 0 fully saturated rings. The number of carboxylic acid groups (broad SMARTS) is 1. The molecular weight excluding hydrogens is 182 g/mol. The molecule has 0 saturated carbocycles. The van der Waals surface area contributed by atoms with Gasteiger partial charge in [0.05, 0.1) is 12.3 Å². The van der Waals surface area contributed by atoms with Crippen LogP contribution in [0.15, 0.2) is 24.5 Å². The Hall–Kier alpha value is -1.58. The third-order valence-corrected chi connectivity index (χ3v) is 1.74. The molecule has 0 saturated heterocycles. The highest BCUT2D eigenvalue weighted by Gasteiger charge is 2.06. The van der Waals surface area contributed by atoms with Crippen LogP contribution in [0.5, 0.6) is 5.75 Å². The lowest BCUT2D eigenvalue weighted by Gasteiger charge is -2.12. The predicted octanol–water partition coefficient (Wildman–Crippen LogP) is 1.71. The Morgan fingerprint density at radius 1 is 1.71 bits per heavy atom. The highest BCUT2D eigenvalue weighted by Crippen LogP contribution is 2.11. The first-order valence-corrected chi connectivity index (χ1v) is 4.47. The number of aromatic nitrogens is 1. The molecule has 0 spiro atoms. The van der Waals surface area contributed by atoms with Crippen molar-refractivity contribution in [2.45, 2.75) is 25.9 Å². The van der Waals surface area contributed by atoms with Crippen LogP contribution in [0.4, 0.5) is 0 Å². The van der Waals surface area contributed by atoms with Crippen LogP contribution in [0.3, 0.4) is 0 Å². The van der Waals surface area contributed by atoms with Gasteiger partial charge in [0.15, 0.2) is 0 Å². The van der Waals surface area contributed by atoms with Crippen LogP contribution in [0.25, 0.3) is 0 Å². The molecule has 0 aliphatic carbocycles. The van der Waals surface area contributed by atoms with E-state index in [0.717, 1.165) is 0 Å². The molecule has 1 unspecified atom stereocenters. The van der Waals surface area contributed by atoms with Crippen LogP contribution in [-0.2, 0) is 4.79 Å². The Bertz CT molecular complexity index is 287. The Morgan fingerprint density at radius 2 is 2.50 bits per heavy atom. The first kappa shape index (κ1) is 10.5. The van der Waals surface area contributed by atoms with Gasteiger partial charge >= 0.3 is 5.97 Å². The Morgan fingerprint density at radius 3 is 3.07 bits per heavy atom. The van der Waals surface area contributed by atoms with Crippen molar-refractivity contribution < 1.29 is 14.6 Å². The number of hydrogen-bond donors (Lipinski definition) is 1. The van der Waals surface area contributed by atoms with Gasteiger partial charge in [-0.25, -0.2) is 0 Å². The van der Waals surface area contributed by atoms with E-state index in [1.54, 1.807) is 24.5 Å². The largest absolute Gasteiger partial charge is 0.489 e. The highest BCUT2D eigenvalue weighted by atomic mass is 16.5. The zero-order valence-electron chi connectivity index (χ0n) is 8.01. The second-order valence-electron chi connectivity index (χ2n) is 3.05. The van der Waals surface area contributed by atoms with E-state index in [2.05, 4.69) is 4.98 Å². The lowest BCUT2D eigenvalue weighted by molar-refractivity contribution is -0.137. The fourth-order valence-corrected chi connectivity index (χ4v) is 1.03. The quantitative estimate of drug-likeness (QED) is 0.777. The minimum Gasteiger partial charge on any atom is -0.489 e. The topological polar surface area (TPSA) is 59.4 Å². The van der Waals surface area contributed by atoms with E-state index in [4.69, 9.17) is 9.84 Å². The van der Waals surface area contributed by atoms with Gasteiger partial charge in [0.1, 0.15) is 5.75 Å². The standard InChI is InChI=1S/C10H13NO3/c1-8(4-5-10(12)13)14-9-3-2-6-11-7-9/h2-3,6-8H,4-5H2,1H3,(H,12,13). The maximum atomic E-state index is 10.3. The summed E-state index contributed by atoms with van der Waals surface area (Å²) in [6.45, 7) is 1.84. The summed E-state index contributed by atoms with van der Waals surface area (Å²) < 4.78 is 5.44. The fourth-order valence-electron chi connectivity index (χ4n) is 1.03. The van der Waals surface area contributed by atoms with Crippen molar-refractivity contribution in [2.75, 3.05) is 0 Å². The van der Waals surface area contributed by atoms with Gasteiger partial charge in [0.2, 0.25) is 0 Å². The van der Waals surface area contributed by atoms with E-state index in [0.29, 0.717) is 12.2 Å². The summed E-state index contributed by atoms with van der Waals surface area (Å²) in [4.78, 5) is 14.2. The van der Waals surface area contributed by atoms with Gasteiger partial charge in [0, 0.05) is 12.6 Å². The number of carbonyl (C=O) groups is 1. The summed E-state index contributed by atoms with van der Waals surface area (Å²) in [5.41, 5.74) is 0. The minimum atomic E-state index is -0.799. The van der Waals surface area contributed by atoms with E-state index >= 15 is 0 Å². The number of ether oxygens (including phenoxy) is 1. The number of carboxylic acids is 1. The molecule has 1 aromatic rings. The molecule has 1 rings (SSSR count). The normalized spacial score (nSPS) is 12.1. The third-order valence-electron chi connectivity index (χ3n) is 1.74. The van der Waals surface area contributed by atoms with Crippen molar-refractivity contribution >= 4 is 5.97 Å². The zero-order valence-corrected chi connectivity index (χ0v) is 8.01. The average Bonchev–Trinajstić information content (AvgIpc) is 2.16. The van der Waals surface area contributed by atoms with Gasteiger partial charge in [-0.2, -0.15) is 0 Å². The molecule has 1 aromatic heterocycles. The first-order valence-electron chi connectivity index (χ1n) is 4.47. The second kappa shape index (κ2) is 5.21. The maximum absolute atomic E-state index is 10.3. The van der Waals surface area contributed by atoms with E-state index in [9.17, 15) is 4.79 Å². The molecule has 4 nitrogen and oxygen atoms in total. The highest BCUT2D eigenvalue weighted by molar-refractivity contribution is 5.66. The minimum absolute atomic E-state index is 0.102. The van der Waals surface area contributed by atoms with Crippen molar-refractivity contribution in [3.63, 3.8) is 0 Å². The number of hydrogen-bond acceptors (Lipinski definition) is 3. The monoisotopic (exact) mass is 195 g/mol. The predicted molar refractivity (Wildman–Crippen MR) is 51.2 cm³/mol. The summed E-state index contributed by atoms with van der Waals surface area (Å²) in [6.07, 6.45) is 3.80. The van der Waals surface area contributed by atoms with Crippen LogP contribution in [0.1, 0.15) is 19.8 Å². The fraction of sp³-hybridized carbons (Fsp3) is 0.400. The average molecular weight is 195 g/mol. The van der Waals surface area contributed by atoms with Crippen LogP contribution in [0, 0.1) is 0 Å². The van der Waals surface area contributed by atoms with Gasteiger partial charge in [0.25, 0.3) is 0 Å². The van der Waals surface area contributed by atoms with Gasteiger partial charge in [-0.3, -0.25) is 9.78 Å². The SMILES string of the molecule is CC(CCC(=O)O)Oc1cccnc1. The Labute approximate surface area is 82.5 Å². The van der Waals surface area contributed by atoms with E-state index in [1.807, 2.05) is 6.92 Å². The van der Waals surface area contributed by atoms with Crippen LogP contribution < -0.4 is 4.74 Å². The number of nitrogens with zero attached hydrogens (tertiary/aromatic N) is 1. The summed E-state index contributed by atoms with van der Waals surface area (Å²) in [6, 6.07) is 3.57. The van der Waals surface area contributed by atoms with Gasteiger partial charge < -0.3 is 9.84 Å². The molecule has 4 heteroatoms. The molecule has 14 heavy (non-hydrogen) atoms. The molecule has 0 aliphatic heterocycles. The lowest BCUT2D eigenvalue weighted by Crippen LogP contribution is -2.13. The summed E-state index contributed by atoms with van der Waals surface area (Å²) >= 11 is 0. The molecule has 0 aromatic carbocycles. The molecule has 76 valence electrons. The van der Waals surface area contributed by atoms with Crippen LogP contribution in [-0.4, -0.2) is 22.2 Å². The summed E-state index contributed by atoms with van der Waals surface area (Å²) in [5.74, 6) is -0.128. The third kappa shape index (κ3) is 3.89. The molecule has 0 bridgehead atoms. The van der Waals surface area contributed by atoms with Gasteiger partial charge in [-0.05, 0) is 25.5 Å². The molecule has 0 amide bonds. The zero-order chi connectivity index (χ0) is 10.4. The van der Waals surface area contributed by atoms with Crippen molar-refractivity contribution in [3.8, 4) is 5.75 Å². The number of aliphatic carboxylic acids is 1. The first-order chi connectivity index (χ1) is 6.68. The van der Waals surface area contributed by atoms with Crippen molar-refractivity contribution in [1.82, 2.24) is 4.98 Å². The second-order valence-corrected chi connectivity index (χ2v) is 3.05. The molecule has 0 radical (unpaired) electrons. The molecule has 1 heterocycles. The van der Waals surface area contributed by atoms with E-state index in [-0.39, 0.29) is 12.5 Å². The number of rotatable bonds is 5. The van der Waals surface area contributed by atoms with E-state index < -0.39 is 5.97 Å². The van der Waals surface area contributed by atoms with Crippen molar-refractivity contribution in [3.05, 3.63) is 24.5 Å². The molecule has 1 atom stereocenters. The van der Waals surface area contributed by atoms with Gasteiger partial charge in [-0.15, -0.1) is 0 Å². The summed E-state index contributed by atoms with van der Waals surface area (Å²) in [7, 11) is 0. The smallest absolute Gasteiger partial charge is 0.303 e. The lowest BCUT2D eigenvalue weighted by atomic mass is 10.2.